The molecule has 1 amide bonds. The van der Waals surface area contributed by atoms with E-state index in [0.29, 0.717) is 13.0 Å². The van der Waals surface area contributed by atoms with Gasteiger partial charge in [0.05, 0.1) is 14.2 Å². The Kier molecular flexibility index (Phi) is 4.93. The van der Waals surface area contributed by atoms with Gasteiger partial charge in [-0.3, -0.25) is 4.79 Å². The van der Waals surface area contributed by atoms with E-state index in [1.807, 2.05) is 19.1 Å². The summed E-state index contributed by atoms with van der Waals surface area (Å²) in [5, 5.41) is 5.51. The molecule has 1 atom stereocenters. The van der Waals surface area contributed by atoms with Gasteiger partial charge in [0.2, 0.25) is 5.91 Å². The van der Waals surface area contributed by atoms with E-state index in [1.54, 1.807) is 14.2 Å². The molecule has 0 unspecified atom stereocenters. The van der Waals surface area contributed by atoms with Crippen molar-refractivity contribution in [1.29, 1.82) is 0 Å². The smallest absolute Gasteiger partial charge is 0.220 e. The van der Waals surface area contributed by atoms with E-state index in [-0.39, 0.29) is 11.8 Å². The van der Waals surface area contributed by atoms with E-state index in [0.717, 1.165) is 30.8 Å². The Morgan fingerprint density at radius 1 is 1.17 bits per heavy atom. The number of hydrogen-bond acceptors (Lipinski definition) is 3. The fourth-order valence-electron chi connectivity index (χ4n) is 3.72. The fourth-order valence-corrected chi connectivity index (χ4v) is 3.72. The molecule has 0 saturated carbocycles. The van der Waals surface area contributed by atoms with Crippen LogP contribution in [0.1, 0.15) is 43.2 Å². The number of benzene rings is 2. The minimum Gasteiger partial charge on any atom is -0.496 e. The maximum atomic E-state index is 11.9. The SMILES string of the molecule is CCCC(=O)NC[C@H]1CCc2c(OC)ccc3ccc(OC)c1c23. The molecule has 128 valence electrons. The van der Waals surface area contributed by atoms with Crippen LogP contribution in [0.3, 0.4) is 0 Å². The highest BCUT2D eigenvalue weighted by Crippen LogP contribution is 2.44. The van der Waals surface area contributed by atoms with Crippen molar-refractivity contribution >= 4 is 16.7 Å². The van der Waals surface area contributed by atoms with Crippen molar-refractivity contribution in [3.8, 4) is 11.5 Å². The molecule has 1 aliphatic carbocycles. The molecule has 0 saturated heterocycles. The maximum absolute atomic E-state index is 11.9. The van der Waals surface area contributed by atoms with E-state index < -0.39 is 0 Å². The van der Waals surface area contributed by atoms with Crippen LogP contribution in [0, 0.1) is 0 Å². The molecule has 3 rings (SSSR count). The van der Waals surface area contributed by atoms with Crippen molar-refractivity contribution in [2.45, 2.75) is 38.5 Å². The second kappa shape index (κ2) is 7.12. The van der Waals surface area contributed by atoms with Crippen molar-refractivity contribution in [3.63, 3.8) is 0 Å². The third-order valence-electron chi connectivity index (χ3n) is 4.86. The van der Waals surface area contributed by atoms with E-state index in [1.165, 1.54) is 21.9 Å². The Bertz CT molecular complexity index is 749. The van der Waals surface area contributed by atoms with Gasteiger partial charge in [-0.15, -0.1) is 0 Å². The van der Waals surface area contributed by atoms with Crippen LogP contribution in [0.2, 0.25) is 0 Å². The Hall–Kier alpha value is -2.23. The summed E-state index contributed by atoms with van der Waals surface area (Å²) in [7, 11) is 3.42. The number of nitrogens with one attached hydrogen (secondary N) is 1. The van der Waals surface area contributed by atoms with Crippen molar-refractivity contribution in [1.82, 2.24) is 5.32 Å². The van der Waals surface area contributed by atoms with E-state index in [4.69, 9.17) is 9.47 Å². The number of hydrogen-bond donors (Lipinski definition) is 1. The lowest BCUT2D eigenvalue weighted by Gasteiger charge is -2.29. The zero-order valence-electron chi connectivity index (χ0n) is 14.6. The Morgan fingerprint density at radius 2 is 1.88 bits per heavy atom. The van der Waals surface area contributed by atoms with Crippen LogP contribution in [0.4, 0.5) is 0 Å². The standard InChI is InChI=1S/C20H25NO3/c1-4-5-18(22)21-12-14-6-9-15-16(23-2)10-7-13-8-11-17(24-3)20(14)19(13)15/h7-8,10-11,14H,4-6,9,12H2,1-3H3,(H,21,22)/t14-/m1/s1. The molecule has 2 aromatic carbocycles. The topological polar surface area (TPSA) is 47.6 Å². The molecule has 24 heavy (non-hydrogen) atoms. The average Bonchev–Trinajstić information content (AvgIpc) is 2.61. The molecule has 0 aromatic heterocycles. The summed E-state index contributed by atoms with van der Waals surface area (Å²) in [5.41, 5.74) is 2.45. The summed E-state index contributed by atoms with van der Waals surface area (Å²) < 4.78 is 11.2. The van der Waals surface area contributed by atoms with Gasteiger partial charge in [-0.25, -0.2) is 0 Å². The third kappa shape index (κ3) is 2.93. The highest BCUT2D eigenvalue weighted by atomic mass is 16.5. The van der Waals surface area contributed by atoms with Gasteiger partial charge >= 0.3 is 0 Å². The van der Waals surface area contributed by atoms with Crippen LogP contribution < -0.4 is 14.8 Å². The van der Waals surface area contributed by atoms with Crippen molar-refractivity contribution in [2.24, 2.45) is 0 Å². The van der Waals surface area contributed by atoms with Crippen LogP contribution >= 0.6 is 0 Å². The molecule has 1 N–H and O–H groups in total. The lowest BCUT2D eigenvalue weighted by Crippen LogP contribution is -2.29. The monoisotopic (exact) mass is 327 g/mol. The number of methoxy groups -OCH3 is 2. The summed E-state index contributed by atoms with van der Waals surface area (Å²) in [4.78, 5) is 11.9. The van der Waals surface area contributed by atoms with E-state index >= 15 is 0 Å². The molecule has 0 bridgehead atoms. The first kappa shape index (κ1) is 16.6. The Morgan fingerprint density at radius 3 is 2.54 bits per heavy atom. The van der Waals surface area contributed by atoms with Gasteiger partial charge < -0.3 is 14.8 Å². The molecule has 4 nitrogen and oxygen atoms in total. The first-order valence-corrected chi connectivity index (χ1v) is 8.62. The van der Waals surface area contributed by atoms with Crippen LogP contribution in [-0.4, -0.2) is 26.7 Å². The molecule has 0 heterocycles. The lowest BCUT2D eigenvalue weighted by atomic mass is 9.80. The number of aryl methyl sites for hydroxylation is 1. The van der Waals surface area contributed by atoms with Gasteiger partial charge in [-0.05, 0) is 42.2 Å². The molecule has 0 radical (unpaired) electrons. The highest BCUT2D eigenvalue weighted by molar-refractivity contribution is 5.94. The average molecular weight is 327 g/mol. The van der Waals surface area contributed by atoms with Crippen LogP contribution in [0.5, 0.6) is 11.5 Å². The third-order valence-corrected chi connectivity index (χ3v) is 4.86. The second-order valence-electron chi connectivity index (χ2n) is 6.32. The first-order chi connectivity index (χ1) is 11.7. The number of ether oxygens (including phenoxy) is 2. The van der Waals surface area contributed by atoms with E-state index in [9.17, 15) is 4.79 Å². The van der Waals surface area contributed by atoms with Crippen LogP contribution in [0.25, 0.3) is 10.8 Å². The summed E-state index contributed by atoms with van der Waals surface area (Å²) in [6.07, 6.45) is 3.39. The molecule has 0 spiro atoms. The number of amides is 1. The normalized spacial score (nSPS) is 16.0. The summed E-state index contributed by atoms with van der Waals surface area (Å²) in [6, 6.07) is 8.26. The van der Waals surface area contributed by atoms with Crippen molar-refractivity contribution in [3.05, 3.63) is 35.4 Å². The van der Waals surface area contributed by atoms with Crippen LogP contribution in [-0.2, 0) is 11.2 Å². The largest absolute Gasteiger partial charge is 0.496 e. The first-order valence-electron chi connectivity index (χ1n) is 8.62. The van der Waals surface area contributed by atoms with Gasteiger partial charge in [0.25, 0.3) is 0 Å². The molecule has 0 aliphatic heterocycles. The molecule has 2 aromatic rings. The second-order valence-corrected chi connectivity index (χ2v) is 6.32. The summed E-state index contributed by atoms with van der Waals surface area (Å²) in [5.74, 6) is 2.22. The van der Waals surface area contributed by atoms with Gasteiger partial charge in [0.15, 0.2) is 0 Å². The van der Waals surface area contributed by atoms with Crippen molar-refractivity contribution < 1.29 is 14.3 Å². The lowest BCUT2D eigenvalue weighted by molar-refractivity contribution is -0.121. The van der Waals surface area contributed by atoms with E-state index in [2.05, 4.69) is 17.4 Å². The van der Waals surface area contributed by atoms with Gasteiger partial charge in [-0.2, -0.15) is 0 Å². The van der Waals surface area contributed by atoms with Gasteiger partial charge in [0.1, 0.15) is 11.5 Å². The molecular formula is C20H25NO3. The Labute approximate surface area is 143 Å². The molecule has 1 aliphatic rings. The van der Waals surface area contributed by atoms with Gasteiger partial charge in [0, 0.05) is 30.0 Å². The number of carbonyl (C=O) groups excluding carboxylic acids is 1. The number of rotatable bonds is 6. The van der Waals surface area contributed by atoms with Crippen LogP contribution in [0.15, 0.2) is 24.3 Å². The highest BCUT2D eigenvalue weighted by Gasteiger charge is 2.27. The predicted molar refractivity (Wildman–Crippen MR) is 96.0 cm³/mol. The summed E-state index contributed by atoms with van der Waals surface area (Å²) >= 11 is 0. The summed E-state index contributed by atoms with van der Waals surface area (Å²) in [6.45, 7) is 2.68. The molecular weight excluding hydrogens is 302 g/mol. The maximum Gasteiger partial charge on any atom is 0.220 e. The fraction of sp³-hybridized carbons (Fsp3) is 0.450. The zero-order valence-corrected chi connectivity index (χ0v) is 14.6. The Balaban J connectivity index is 2.03. The molecule has 0 fully saturated rings. The minimum absolute atomic E-state index is 0.125. The molecule has 4 heteroatoms. The number of carbonyl (C=O) groups is 1. The van der Waals surface area contributed by atoms with Crippen molar-refractivity contribution in [2.75, 3.05) is 20.8 Å². The van der Waals surface area contributed by atoms with Gasteiger partial charge in [-0.1, -0.05) is 19.1 Å². The predicted octanol–water partition coefficient (Wildman–Crippen LogP) is 3.80. The minimum atomic E-state index is 0.125. The zero-order chi connectivity index (χ0) is 17.1. The quantitative estimate of drug-likeness (QED) is 0.878.